The van der Waals surface area contributed by atoms with Gasteiger partial charge in [-0.05, 0) is 37.0 Å². The van der Waals surface area contributed by atoms with Gasteiger partial charge < -0.3 is 19.4 Å². The Morgan fingerprint density at radius 2 is 2.09 bits per heavy atom. The monoisotopic (exact) mass is 299 g/mol. The fourth-order valence-electron chi connectivity index (χ4n) is 3.45. The highest BCUT2D eigenvalue weighted by Gasteiger charge is 2.27. The molecule has 1 aliphatic heterocycles. The van der Waals surface area contributed by atoms with Gasteiger partial charge in [0.15, 0.2) is 11.5 Å². The van der Waals surface area contributed by atoms with Crippen LogP contribution < -0.4 is 14.8 Å². The van der Waals surface area contributed by atoms with Gasteiger partial charge in [-0.25, -0.2) is 4.98 Å². The van der Waals surface area contributed by atoms with Crippen LogP contribution in [0.15, 0.2) is 36.9 Å². The first-order chi connectivity index (χ1) is 10.9. The molecule has 0 bridgehead atoms. The van der Waals surface area contributed by atoms with Gasteiger partial charge in [-0.2, -0.15) is 0 Å². The smallest absolute Gasteiger partial charge is 0.161 e. The van der Waals surface area contributed by atoms with E-state index in [-0.39, 0.29) is 0 Å². The summed E-state index contributed by atoms with van der Waals surface area (Å²) in [6, 6.07) is 7.22. The first-order valence-electron chi connectivity index (χ1n) is 7.99. The predicted molar refractivity (Wildman–Crippen MR) is 83.2 cm³/mol. The van der Waals surface area contributed by atoms with Crippen molar-refractivity contribution in [2.75, 3.05) is 13.2 Å². The van der Waals surface area contributed by atoms with Crippen molar-refractivity contribution in [2.45, 2.75) is 37.9 Å². The second-order valence-electron chi connectivity index (χ2n) is 5.97. The zero-order valence-corrected chi connectivity index (χ0v) is 12.6. The molecule has 0 amide bonds. The summed E-state index contributed by atoms with van der Waals surface area (Å²) in [5, 5.41) is 3.70. The zero-order valence-electron chi connectivity index (χ0n) is 12.6. The maximum absolute atomic E-state index is 5.65. The minimum absolute atomic E-state index is 0.502. The molecular formula is C17H21N3O2. The fourth-order valence-corrected chi connectivity index (χ4v) is 3.45. The van der Waals surface area contributed by atoms with Crippen molar-refractivity contribution in [2.24, 2.45) is 0 Å². The second-order valence-corrected chi connectivity index (χ2v) is 5.97. The number of ether oxygens (including phenoxy) is 2. The third kappa shape index (κ3) is 2.68. The molecule has 116 valence electrons. The average molecular weight is 299 g/mol. The van der Waals surface area contributed by atoms with Crippen LogP contribution in [-0.4, -0.2) is 28.8 Å². The van der Waals surface area contributed by atoms with Crippen molar-refractivity contribution < 1.29 is 9.47 Å². The molecule has 5 nitrogen and oxygen atoms in total. The van der Waals surface area contributed by atoms with Crippen LogP contribution in [0.4, 0.5) is 0 Å². The van der Waals surface area contributed by atoms with Crippen molar-refractivity contribution >= 4 is 0 Å². The van der Waals surface area contributed by atoms with Crippen molar-refractivity contribution in [3.63, 3.8) is 0 Å². The number of benzene rings is 1. The molecule has 2 atom stereocenters. The molecule has 2 heterocycles. The Kier molecular flexibility index (Phi) is 3.72. The number of nitrogens with zero attached hydrogens (tertiary/aromatic N) is 2. The Bertz CT molecular complexity index is 627. The molecule has 1 aliphatic carbocycles. The van der Waals surface area contributed by atoms with E-state index in [0.717, 1.165) is 18.0 Å². The second kappa shape index (κ2) is 6.01. The van der Waals surface area contributed by atoms with Crippen molar-refractivity contribution in [3.8, 4) is 11.5 Å². The van der Waals surface area contributed by atoms with E-state index in [0.29, 0.717) is 25.3 Å². The molecule has 22 heavy (non-hydrogen) atoms. The number of nitrogens with one attached hydrogen (secondary N) is 1. The largest absolute Gasteiger partial charge is 0.486 e. The molecule has 1 N–H and O–H groups in total. The highest BCUT2D eigenvalue weighted by Crippen LogP contribution is 2.32. The Morgan fingerprint density at radius 1 is 1.18 bits per heavy atom. The van der Waals surface area contributed by atoms with E-state index < -0.39 is 0 Å². The minimum atomic E-state index is 0.502. The molecule has 1 fully saturated rings. The maximum atomic E-state index is 5.65. The first kappa shape index (κ1) is 13.6. The average Bonchev–Trinajstić information content (AvgIpc) is 3.23. The molecule has 4 rings (SSSR count). The van der Waals surface area contributed by atoms with Crippen LogP contribution in [0.3, 0.4) is 0 Å². The molecule has 2 aromatic rings. The van der Waals surface area contributed by atoms with Gasteiger partial charge in [0.05, 0.1) is 6.33 Å². The predicted octanol–water partition coefficient (Wildman–Crippen LogP) is 2.54. The Morgan fingerprint density at radius 3 is 2.95 bits per heavy atom. The van der Waals surface area contributed by atoms with E-state index in [1.54, 1.807) is 0 Å². The Labute approximate surface area is 130 Å². The Hall–Kier alpha value is -2.01. The molecule has 0 unspecified atom stereocenters. The number of aromatic nitrogens is 2. The molecule has 5 heteroatoms. The highest BCUT2D eigenvalue weighted by molar-refractivity contribution is 5.43. The van der Waals surface area contributed by atoms with E-state index in [4.69, 9.17) is 9.47 Å². The normalized spacial score (nSPS) is 23.6. The van der Waals surface area contributed by atoms with Crippen LogP contribution in [0.1, 0.15) is 30.9 Å². The molecule has 0 saturated heterocycles. The van der Waals surface area contributed by atoms with Gasteiger partial charge in [-0.15, -0.1) is 0 Å². The summed E-state index contributed by atoms with van der Waals surface area (Å²) < 4.78 is 13.4. The number of imidazole rings is 1. The van der Waals surface area contributed by atoms with Crippen molar-refractivity contribution in [1.29, 1.82) is 0 Å². The van der Waals surface area contributed by atoms with Crippen LogP contribution in [0.2, 0.25) is 0 Å². The summed E-state index contributed by atoms with van der Waals surface area (Å²) in [6.07, 6.45) is 9.55. The van der Waals surface area contributed by atoms with Gasteiger partial charge in [0.1, 0.15) is 13.2 Å². The summed E-state index contributed by atoms with van der Waals surface area (Å²) in [6.45, 7) is 2.13. The molecule has 1 aromatic heterocycles. The fraction of sp³-hybridized carbons (Fsp3) is 0.471. The molecule has 1 saturated carbocycles. The van der Waals surface area contributed by atoms with Gasteiger partial charge in [-0.1, -0.05) is 6.07 Å². The van der Waals surface area contributed by atoms with Gasteiger partial charge in [-0.3, -0.25) is 0 Å². The summed E-state index contributed by atoms with van der Waals surface area (Å²) in [5.41, 5.74) is 1.24. The number of hydrogen-bond donors (Lipinski definition) is 1. The summed E-state index contributed by atoms with van der Waals surface area (Å²) in [5.74, 6) is 1.72. The van der Waals surface area contributed by atoms with Crippen LogP contribution in [-0.2, 0) is 6.54 Å². The number of rotatable bonds is 4. The molecule has 2 aliphatic rings. The quantitative estimate of drug-likeness (QED) is 0.942. The SMILES string of the molecule is c1cn([C@H]2CCC[C@@H]2NCc2ccc3c(c2)OCCO3)cn1. The van der Waals surface area contributed by atoms with Gasteiger partial charge in [0.25, 0.3) is 0 Å². The lowest BCUT2D eigenvalue weighted by molar-refractivity contribution is 0.171. The van der Waals surface area contributed by atoms with E-state index in [9.17, 15) is 0 Å². The summed E-state index contributed by atoms with van der Waals surface area (Å²) >= 11 is 0. The van der Waals surface area contributed by atoms with E-state index in [1.807, 2.05) is 18.6 Å². The first-order valence-corrected chi connectivity index (χ1v) is 7.99. The molecule has 0 spiro atoms. The number of hydrogen-bond acceptors (Lipinski definition) is 4. The van der Waals surface area contributed by atoms with Crippen LogP contribution in [0.5, 0.6) is 11.5 Å². The standard InChI is InChI=1S/C17H21N3O2/c1-2-14(15(3-1)20-7-6-18-12-20)19-11-13-4-5-16-17(10-13)22-9-8-21-16/h4-7,10,12,14-15,19H,1-3,8-9,11H2/t14-,15-/m0/s1. The highest BCUT2D eigenvalue weighted by atomic mass is 16.6. The van der Waals surface area contributed by atoms with E-state index >= 15 is 0 Å². The molecular weight excluding hydrogens is 278 g/mol. The lowest BCUT2D eigenvalue weighted by Crippen LogP contribution is -2.33. The summed E-state index contributed by atoms with van der Waals surface area (Å²) in [7, 11) is 0. The molecule has 0 radical (unpaired) electrons. The third-order valence-electron chi connectivity index (χ3n) is 4.56. The molecule has 1 aromatic carbocycles. The van der Waals surface area contributed by atoms with E-state index in [1.165, 1.54) is 24.8 Å². The van der Waals surface area contributed by atoms with Crippen LogP contribution in [0, 0.1) is 0 Å². The topological polar surface area (TPSA) is 48.3 Å². The minimum Gasteiger partial charge on any atom is -0.486 e. The van der Waals surface area contributed by atoms with Crippen LogP contribution in [0.25, 0.3) is 0 Å². The van der Waals surface area contributed by atoms with Gasteiger partial charge >= 0.3 is 0 Å². The zero-order chi connectivity index (χ0) is 14.8. The van der Waals surface area contributed by atoms with Gasteiger partial charge in [0.2, 0.25) is 0 Å². The third-order valence-corrected chi connectivity index (χ3v) is 4.56. The van der Waals surface area contributed by atoms with Crippen LogP contribution >= 0.6 is 0 Å². The number of fused-ring (bicyclic) bond motifs is 1. The lowest BCUT2D eigenvalue weighted by atomic mass is 10.1. The summed E-state index contributed by atoms with van der Waals surface area (Å²) in [4.78, 5) is 4.17. The van der Waals surface area contributed by atoms with E-state index in [2.05, 4.69) is 33.2 Å². The van der Waals surface area contributed by atoms with Crippen molar-refractivity contribution in [1.82, 2.24) is 14.9 Å². The van der Waals surface area contributed by atoms with Crippen molar-refractivity contribution in [3.05, 3.63) is 42.5 Å². The maximum Gasteiger partial charge on any atom is 0.161 e. The lowest BCUT2D eigenvalue weighted by Gasteiger charge is -2.23. The Balaban J connectivity index is 1.42. The van der Waals surface area contributed by atoms with Gasteiger partial charge in [0, 0.05) is 31.0 Å².